The van der Waals surface area contributed by atoms with Gasteiger partial charge in [-0.25, -0.2) is 4.79 Å². The summed E-state index contributed by atoms with van der Waals surface area (Å²) in [6.07, 6.45) is 0.616. The molecule has 4 saturated heterocycles. The second-order valence-electron chi connectivity index (χ2n) is 11.6. The molecule has 7 bridgehead atoms. The lowest BCUT2D eigenvalue weighted by Gasteiger charge is -2.60. The van der Waals surface area contributed by atoms with Crippen LogP contribution in [-0.2, 0) is 38.1 Å². The first kappa shape index (κ1) is 32.7. The number of amides is 2. The van der Waals surface area contributed by atoms with Gasteiger partial charge >= 0.3 is 17.9 Å². The Morgan fingerprint density at radius 2 is 1.53 bits per heavy atom. The maximum atomic E-state index is 15.3. The average molecular weight is 711 g/mol. The zero-order valence-corrected chi connectivity index (χ0v) is 28.5. The number of methoxy groups -OCH3 is 2. The van der Waals surface area contributed by atoms with Gasteiger partial charge in [0, 0.05) is 32.0 Å². The van der Waals surface area contributed by atoms with Crippen LogP contribution in [0.2, 0.25) is 0 Å². The molecule has 256 valence electrons. The van der Waals surface area contributed by atoms with Gasteiger partial charge in [-0.15, -0.1) is 0 Å². The van der Waals surface area contributed by atoms with Gasteiger partial charge in [-0.2, -0.15) is 0 Å². The van der Waals surface area contributed by atoms with Crippen LogP contribution in [0.3, 0.4) is 0 Å². The second kappa shape index (κ2) is 11.9. The summed E-state index contributed by atoms with van der Waals surface area (Å²) in [6, 6.07) is 8.00. The SMILES string of the molecule is COc1ccc2cc1Oc1cc(ccc1OC)C(OC(C)=O)C13SSC4(C(=O)N1C)C(OC(C)=O)/C1=C/OC/C=C\C(OC2=O)C1N4C3=O. The number of rotatable bonds is 4. The van der Waals surface area contributed by atoms with Gasteiger partial charge in [-0.05, 0) is 64.1 Å². The molecule has 4 fully saturated rings. The largest absolute Gasteiger partial charge is 0.497 e. The van der Waals surface area contributed by atoms with Crippen molar-refractivity contribution in [3.8, 4) is 23.0 Å². The lowest BCUT2D eigenvalue weighted by atomic mass is 9.93. The zero-order chi connectivity index (χ0) is 34.8. The normalized spacial score (nSPS) is 31.3. The molecule has 6 atom stereocenters. The standard InChI is InChI=1S/C33H30N2O12S2/c1-16(36)44-27-18-8-10-21(41-4)24(13-18)46-25-14-19(9-11-22(25)42-5)29(38)47-23-7-6-12-43-15-20-26(23)35-31(40)32(27)34(3)30(39)33(35,49-48-32)28(20)45-17(2)37/h6-11,13-15,23,26-28H,12H2,1-5H3/b7-6-,20-15+. The Balaban J connectivity index is 1.53. The molecule has 8 rings (SSSR count). The number of carbonyl (C=O) groups excluding carboxylic acids is 5. The van der Waals surface area contributed by atoms with Crippen LogP contribution in [0, 0.1) is 0 Å². The van der Waals surface area contributed by atoms with Crippen LogP contribution in [0.4, 0.5) is 0 Å². The predicted molar refractivity (Wildman–Crippen MR) is 173 cm³/mol. The summed E-state index contributed by atoms with van der Waals surface area (Å²) in [5.74, 6) is -2.64. The minimum Gasteiger partial charge on any atom is -0.497 e. The molecule has 0 saturated carbocycles. The van der Waals surface area contributed by atoms with E-state index >= 15 is 4.79 Å². The summed E-state index contributed by atoms with van der Waals surface area (Å²) in [7, 11) is 6.31. The third-order valence-electron chi connectivity index (χ3n) is 8.89. The highest BCUT2D eigenvalue weighted by molar-refractivity contribution is 8.78. The first-order chi connectivity index (χ1) is 23.5. The van der Waals surface area contributed by atoms with E-state index < -0.39 is 63.8 Å². The second-order valence-corrected chi connectivity index (χ2v) is 14.2. The molecule has 14 nitrogen and oxygen atoms in total. The molecule has 0 radical (unpaired) electrons. The van der Waals surface area contributed by atoms with Crippen molar-refractivity contribution in [1.29, 1.82) is 0 Å². The summed E-state index contributed by atoms with van der Waals surface area (Å²) in [6.45, 7) is 2.45. The Hall–Kier alpha value is -4.83. The number of benzene rings is 2. The summed E-state index contributed by atoms with van der Waals surface area (Å²) >= 11 is 0. The number of ether oxygens (including phenoxy) is 7. The van der Waals surface area contributed by atoms with Crippen LogP contribution >= 0.6 is 21.6 Å². The number of nitrogens with zero attached hydrogens (tertiary/aromatic N) is 2. The smallest absolute Gasteiger partial charge is 0.338 e. The molecule has 2 aromatic carbocycles. The van der Waals surface area contributed by atoms with Crippen molar-refractivity contribution in [2.24, 2.45) is 0 Å². The van der Waals surface area contributed by atoms with Gasteiger partial charge in [0.1, 0.15) is 18.8 Å². The van der Waals surface area contributed by atoms with Gasteiger partial charge in [-0.1, -0.05) is 6.07 Å². The highest BCUT2D eigenvalue weighted by Gasteiger charge is 2.80. The van der Waals surface area contributed by atoms with Crippen molar-refractivity contribution >= 4 is 51.3 Å². The lowest BCUT2D eigenvalue weighted by molar-refractivity contribution is -0.182. The number of esters is 3. The molecule has 6 unspecified atom stereocenters. The number of hydrogen-bond donors (Lipinski definition) is 0. The van der Waals surface area contributed by atoms with Crippen molar-refractivity contribution in [3.05, 3.63) is 71.5 Å². The van der Waals surface area contributed by atoms with Crippen molar-refractivity contribution in [2.45, 2.75) is 47.9 Å². The van der Waals surface area contributed by atoms with E-state index in [0.29, 0.717) is 5.56 Å². The molecular weight excluding hydrogens is 680 g/mol. The Morgan fingerprint density at radius 1 is 0.878 bits per heavy atom. The Labute approximate surface area is 288 Å². The Morgan fingerprint density at radius 3 is 2.22 bits per heavy atom. The average Bonchev–Trinajstić information content (AvgIpc) is 3.33. The first-order valence-corrected chi connectivity index (χ1v) is 17.2. The topological polar surface area (TPSA) is 156 Å². The zero-order valence-electron chi connectivity index (χ0n) is 26.8. The van der Waals surface area contributed by atoms with Crippen LogP contribution in [0.25, 0.3) is 0 Å². The van der Waals surface area contributed by atoms with Crippen molar-refractivity contribution in [1.82, 2.24) is 9.80 Å². The van der Waals surface area contributed by atoms with Crippen molar-refractivity contribution in [2.75, 3.05) is 27.9 Å². The van der Waals surface area contributed by atoms with Gasteiger partial charge in [0.05, 0.1) is 26.0 Å². The molecule has 0 N–H and O–H groups in total. The molecule has 2 spiro atoms. The highest BCUT2D eigenvalue weighted by Crippen LogP contribution is 2.68. The van der Waals surface area contributed by atoms with Crippen LogP contribution < -0.4 is 14.2 Å². The van der Waals surface area contributed by atoms with Crippen LogP contribution in [0.1, 0.15) is 35.9 Å². The summed E-state index contributed by atoms with van der Waals surface area (Å²) in [5, 5.41) is 0. The number of fused-ring (bicyclic) bond motifs is 6. The summed E-state index contributed by atoms with van der Waals surface area (Å²) < 4.78 is 41.0. The number of carbonyl (C=O) groups is 5. The van der Waals surface area contributed by atoms with Crippen LogP contribution in [-0.4, -0.2) is 95.4 Å². The summed E-state index contributed by atoms with van der Waals surface area (Å²) in [4.78, 5) is 68.2. The molecule has 0 aliphatic carbocycles. The third kappa shape index (κ3) is 4.75. The van der Waals surface area contributed by atoms with E-state index in [0.717, 1.165) is 21.6 Å². The van der Waals surface area contributed by atoms with Gasteiger partial charge < -0.3 is 43.0 Å². The number of piperazine rings is 1. The maximum Gasteiger partial charge on any atom is 0.338 e. The van der Waals surface area contributed by atoms with E-state index in [9.17, 15) is 19.2 Å². The Bertz CT molecular complexity index is 1860. The third-order valence-corrected chi connectivity index (χ3v) is 12.5. The molecule has 6 aliphatic heterocycles. The van der Waals surface area contributed by atoms with Crippen molar-refractivity contribution in [3.63, 3.8) is 0 Å². The van der Waals surface area contributed by atoms with E-state index in [2.05, 4.69) is 0 Å². The maximum absolute atomic E-state index is 15.3. The Kier molecular flexibility index (Phi) is 7.97. The minimum atomic E-state index is -1.89. The lowest BCUT2D eigenvalue weighted by Crippen LogP contribution is -2.79. The molecule has 2 amide bonds. The fourth-order valence-electron chi connectivity index (χ4n) is 6.78. The van der Waals surface area contributed by atoms with E-state index in [4.69, 9.17) is 33.2 Å². The van der Waals surface area contributed by atoms with Gasteiger partial charge in [-0.3, -0.25) is 19.2 Å². The van der Waals surface area contributed by atoms with Crippen LogP contribution in [0.5, 0.6) is 23.0 Å². The molecule has 6 aliphatic rings. The molecule has 0 aromatic heterocycles. The molecule has 49 heavy (non-hydrogen) atoms. The van der Waals surface area contributed by atoms with E-state index in [1.807, 2.05) is 0 Å². The fourth-order valence-corrected chi connectivity index (χ4v) is 10.7. The fraction of sp³-hybridized carbons (Fsp3) is 0.364. The number of hydrogen-bond acceptors (Lipinski definition) is 14. The first-order valence-electron chi connectivity index (χ1n) is 15.0. The van der Waals surface area contributed by atoms with Gasteiger partial charge in [0.15, 0.2) is 35.2 Å². The molecular formula is C33H30N2O12S2. The quantitative estimate of drug-likeness (QED) is 0.197. The molecule has 2 aromatic rings. The van der Waals surface area contributed by atoms with E-state index in [-0.39, 0.29) is 40.7 Å². The molecule has 16 heteroatoms. The molecule has 6 heterocycles. The van der Waals surface area contributed by atoms with E-state index in [1.54, 1.807) is 24.3 Å². The van der Waals surface area contributed by atoms with Crippen LogP contribution in [0.15, 0.2) is 60.4 Å². The van der Waals surface area contributed by atoms with Gasteiger partial charge in [0.25, 0.3) is 11.8 Å². The van der Waals surface area contributed by atoms with Crippen molar-refractivity contribution < 1.29 is 57.1 Å². The minimum absolute atomic E-state index is 0.0597. The van der Waals surface area contributed by atoms with E-state index in [1.165, 1.54) is 75.4 Å². The highest BCUT2D eigenvalue weighted by atomic mass is 33.1. The predicted octanol–water partition coefficient (Wildman–Crippen LogP) is 3.51. The van der Waals surface area contributed by atoms with Gasteiger partial charge in [0.2, 0.25) is 9.74 Å². The monoisotopic (exact) mass is 710 g/mol. The summed E-state index contributed by atoms with van der Waals surface area (Å²) in [5.41, 5.74) is 0.614. The number of likely N-dealkylation sites (N-methyl/N-ethyl adjacent to an activating group) is 1.